The zero-order chi connectivity index (χ0) is 23.2. The zero-order valence-corrected chi connectivity index (χ0v) is 18.2. The number of rotatable bonds is 8. The molecule has 2 heterocycles. The largest absolute Gasteiger partial charge is 0.490 e. The zero-order valence-electron chi connectivity index (χ0n) is 15.5. The van der Waals surface area contributed by atoms with E-state index in [1.165, 1.54) is 6.33 Å². The van der Waals surface area contributed by atoms with Crippen LogP contribution in [-0.2, 0) is 26.8 Å². The van der Waals surface area contributed by atoms with Crippen molar-refractivity contribution in [2.45, 2.75) is 18.9 Å². The number of hydrogen-bond acceptors (Lipinski definition) is 10. The summed E-state index contributed by atoms with van der Waals surface area (Å²) in [5.41, 5.74) is 5.87. The fourth-order valence-corrected chi connectivity index (χ4v) is 6.23. The molecular weight excluding hydrogens is 483 g/mol. The molecule has 2 unspecified atom stereocenters. The van der Waals surface area contributed by atoms with Crippen LogP contribution in [0.15, 0.2) is 23.3 Å². The Labute approximate surface area is 173 Å². The number of phosphoric ester groups is 1. The third-order valence-corrected chi connectivity index (χ3v) is 8.18. The fourth-order valence-electron chi connectivity index (χ4n) is 3.17. The van der Waals surface area contributed by atoms with Gasteiger partial charge < -0.3 is 29.9 Å². The molecule has 0 spiro atoms. The van der Waals surface area contributed by atoms with Crippen molar-refractivity contribution in [3.8, 4) is 0 Å². The summed E-state index contributed by atoms with van der Waals surface area (Å²) in [6.07, 6.45) is 2.27. The van der Waals surface area contributed by atoms with Gasteiger partial charge in [-0.2, -0.15) is 13.6 Å². The Morgan fingerprint density at radius 1 is 1.19 bits per heavy atom. The van der Waals surface area contributed by atoms with E-state index in [1.807, 2.05) is 0 Å². The Hall–Kier alpha value is -1.70. The van der Waals surface area contributed by atoms with Crippen molar-refractivity contribution in [2.24, 2.45) is 5.92 Å². The van der Waals surface area contributed by atoms with Gasteiger partial charge in [-0.15, -0.1) is 0 Å². The smallest absolute Gasteiger partial charge is 0.369 e. The highest BCUT2D eigenvalue weighted by Gasteiger charge is 2.41. The second-order valence-electron chi connectivity index (χ2n) is 6.53. The molecule has 0 bridgehead atoms. The highest BCUT2D eigenvalue weighted by atomic mass is 31.3. The molecule has 0 aromatic carbocycles. The maximum atomic E-state index is 11.9. The van der Waals surface area contributed by atoms with E-state index >= 15 is 0 Å². The Bertz CT molecular complexity index is 1220. The van der Waals surface area contributed by atoms with Gasteiger partial charge in [-0.25, -0.2) is 18.7 Å². The Balaban J connectivity index is 1.69. The average molecular weight is 501 g/mol. The van der Waals surface area contributed by atoms with Crippen LogP contribution in [0.4, 0.5) is 5.95 Å². The number of aromatic nitrogens is 4. The van der Waals surface area contributed by atoms with E-state index in [9.17, 15) is 28.3 Å². The van der Waals surface area contributed by atoms with Crippen LogP contribution in [-0.4, -0.2) is 45.7 Å². The monoisotopic (exact) mass is 501 g/mol. The van der Waals surface area contributed by atoms with Gasteiger partial charge in [0.25, 0.3) is 5.56 Å². The van der Waals surface area contributed by atoms with Crippen LogP contribution in [0.1, 0.15) is 18.9 Å². The highest BCUT2D eigenvalue weighted by molar-refractivity contribution is 7.66. The first-order chi connectivity index (χ1) is 14.2. The van der Waals surface area contributed by atoms with Crippen LogP contribution in [0.5, 0.6) is 0 Å². The minimum Gasteiger partial charge on any atom is -0.369 e. The van der Waals surface area contributed by atoms with Gasteiger partial charge in [0.2, 0.25) is 5.95 Å². The van der Waals surface area contributed by atoms with Gasteiger partial charge in [0.05, 0.1) is 19.0 Å². The summed E-state index contributed by atoms with van der Waals surface area (Å²) in [7, 11) is -16.3. The van der Waals surface area contributed by atoms with Crippen molar-refractivity contribution in [3.63, 3.8) is 0 Å². The normalized spacial score (nSPS) is 23.7. The molecule has 0 radical (unpaired) electrons. The summed E-state index contributed by atoms with van der Waals surface area (Å²) in [5.74, 6) is -0.612. The number of nitrogen functional groups attached to an aromatic ring is 1. The minimum atomic E-state index is -5.59. The number of anilines is 1. The summed E-state index contributed by atoms with van der Waals surface area (Å²) in [5, 5.41) is 0. The molecule has 4 atom stereocenters. The number of imidazole rings is 1. The van der Waals surface area contributed by atoms with Crippen LogP contribution in [0, 0.1) is 5.92 Å². The summed E-state index contributed by atoms with van der Waals surface area (Å²) in [6, 6.07) is -0.395. The second kappa shape index (κ2) is 8.34. The molecule has 3 rings (SSSR count). The Kier molecular flexibility index (Phi) is 6.44. The van der Waals surface area contributed by atoms with Gasteiger partial charge in [0.15, 0.2) is 11.2 Å². The van der Waals surface area contributed by atoms with Gasteiger partial charge in [-0.3, -0.25) is 14.3 Å². The average Bonchev–Trinajstić information content (AvgIpc) is 3.13. The van der Waals surface area contributed by atoms with Crippen molar-refractivity contribution in [1.29, 1.82) is 0 Å². The first-order valence-electron chi connectivity index (χ1n) is 8.37. The van der Waals surface area contributed by atoms with Crippen LogP contribution in [0.25, 0.3) is 11.2 Å². The first-order valence-corrected chi connectivity index (χ1v) is 12.9. The number of nitrogens with two attached hydrogens (primary N) is 1. The lowest BCUT2D eigenvalue weighted by Gasteiger charge is -2.19. The van der Waals surface area contributed by atoms with Crippen molar-refractivity contribution in [2.75, 3.05) is 12.3 Å². The van der Waals surface area contributed by atoms with E-state index in [2.05, 4.69) is 34.7 Å². The summed E-state index contributed by atoms with van der Waals surface area (Å²) in [6.45, 7) is 3.46. The van der Waals surface area contributed by atoms with Crippen molar-refractivity contribution >= 4 is 40.6 Å². The molecule has 1 aliphatic carbocycles. The van der Waals surface area contributed by atoms with Crippen LogP contribution in [0.2, 0.25) is 0 Å². The topological polar surface area (TPSA) is 249 Å². The minimum absolute atomic E-state index is 0.0683. The maximum Gasteiger partial charge on any atom is 0.490 e. The molecule has 16 nitrogen and oxygen atoms in total. The molecule has 0 aliphatic heterocycles. The molecule has 1 saturated carbocycles. The van der Waals surface area contributed by atoms with E-state index in [0.29, 0.717) is 18.4 Å². The standard InChI is InChI=1S/C12H18N5O11P3/c1-6-7(4-26-30(22,23)28-31(24,25)27-29(19,20)21)2-3-8(6)17-5-14-9-10(17)15-12(13)16-11(9)18/h5,7-8H,1-4H2,(H,22,23)(H,24,25)(H2,19,20,21)(H3,13,15,16,18)/t7-,8-/m0/s1. The fraction of sp³-hybridized carbons (Fsp3) is 0.417. The quantitative estimate of drug-likeness (QED) is 0.214. The number of fused-ring (bicyclic) bond motifs is 1. The molecule has 2 aromatic heterocycles. The number of hydrogen-bond donors (Lipinski definition) is 6. The molecule has 0 saturated heterocycles. The SMILES string of the molecule is C=C1[C@H](COP(=O)(O)OP(=O)(O)OP(=O)(O)O)CC[C@@H]1n1cnc2c(=O)[nH]c(N)nc21. The summed E-state index contributed by atoms with van der Waals surface area (Å²) in [4.78, 5) is 58.1. The van der Waals surface area contributed by atoms with Gasteiger partial charge in [0, 0.05) is 5.92 Å². The van der Waals surface area contributed by atoms with E-state index in [1.54, 1.807) is 4.57 Å². The van der Waals surface area contributed by atoms with Gasteiger partial charge in [-0.1, -0.05) is 6.58 Å². The van der Waals surface area contributed by atoms with E-state index in [4.69, 9.17) is 15.5 Å². The maximum absolute atomic E-state index is 11.9. The van der Waals surface area contributed by atoms with Crippen LogP contribution < -0.4 is 11.3 Å². The van der Waals surface area contributed by atoms with Crippen molar-refractivity contribution < 1.29 is 46.4 Å². The number of aromatic amines is 1. The molecule has 172 valence electrons. The molecule has 1 fully saturated rings. The molecule has 2 aromatic rings. The number of nitrogens with one attached hydrogen (secondary N) is 1. The van der Waals surface area contributed by atoms with Gasteiger partial charge in [0.1, 0.15) is 0 Å². The summed E-state index contributed by atoms with van der Waals surface area (Å²) < 4.78 is 47.5. The van der Waals surface area contributed by atoms with Crippen molar-refractivity contribution in [1.82, 2.24) is 19.5 Å². The van der Waals surface area contributed by atoms with E-state index in [0.717, 1.165) is 0 Å². The number of H-pyrrole nitrogens is 1. The molecule has 0 amide bonds. The van der Waals surface area contributed by atoms with E-state index in [-0.39, 0.29) is 17.1 Å². The highest BCUT2D eigenvalue weighted by Crippen LogP contribution is 2.66. The van der Waals surface area contributed by atoms with Crippen molar-refractivity contribution in [3.05, 3.63) is 28.8 Å². The first kappa shape index (κ1) is 24.0. The molecule has 31 heavy (non-hydrogen) atoms. The van der Waals surface area contributed by atoms with E-state index < -0.39 is 47.6 Å². The Morgan fingerprint density at radius 2 is 1.87 bits per heavy atom. The van der Waals surface area contributed by atoms with Crippen LogP contribution >= 0.6 is 23.5 Å². The number of phosphoric acid groups is 3. The predicted molar refractivity (Wildman–Crippen MR) is 103 cm³/mol. The number of nitrogens with zero attached hydrogens (tertiary/aromatic N) is 3. The third kappa shape index (κ3) is 5.76. The predicted octanol–water partition coefficient (Wildman–Crippen LogP) is 0.552. The Morgan fingerprint density at radius 3 is 2.52 bits per heavy atom. The van der Waals surface area contributed by atoms with Crippen LogP contribution in [0.3, 0.4) is 0 Å². The lowest BCUT2D eigenvalue weighted by molar-refractivity contribution is 0.160. The van der Waals surface area contributed by atoms with Gasteiger partial charge in [-0.05, 0) is 18.4 Å². The third-order valence-electron chi connectivity index (χ3n) is 4.38. The lowest BCUT2D eigenvalue weighted by Crippen LogP contribution is -2.15. The van der Waals surface area contributed by atoms with Gasteiger partial charge >= 0.3 is 23.5 Å². The second-order valence-corrected chi connectivity index (χ2v) is 10.9. The molecule has 7 N–H and O–H groups in total. The summed E-state index contributed by atoms with van der Waals surface area (Å²) >= 11 is 0. The molecule has 19 heteroatoms. The lowest BCUT2D eigenvalue weighted by atomic mass is 10.0. The molecule has 1 aliphatic rings. The molecular formula is C12H18N5O11P3.